The normalized spacial score (nSPS) is 20.0. The molecule has 5 N–H and O–H groups in total. The number of hydrogen-bond donors (Lipinski definition) is 5. The zero-order valence-corrected chi connectivity index (χ0v) is 34.6. The maximum absolute atomic E-state index is 13.2. The number of imidazole rings is 1. The number of piperidine rings is 2. The highest BCUT2D eigenvalue weighted by atomic mass is 16.5. The summed E-state index contributed by atoms with van der Waals surface area (Å²) in [5.41, 5.74) is 3.05. The van der Waals surface area contributed by atoms with E-state index in [-0.39, 0.29) is 105 Å². The number of benzene rings is 1. The molecule has 330 valence electrons. The molecule has 1 atom stereocenters. The standard InChI is InChI=1S/C42H48N12O9/c1-24-4-2-7-30(48-24)39(58)50-26-18-27(19-26)53-23-47-36-37(45-22-46-38(36)53)49-25-10-13-52(14-11-25)34(57)21-63-17-16-62-15-12-43-33(56)20-44-29-6-3-5-28-35(29)42(61)54(41(28)60)31-8-9-32(55)51-40(31)59/h2-7,22-23,25-27,31,44H,8-21H2,1H3,(H,43,56)(H,50,58)(H,45,46,49)(H,51,55,59). The molecule has 0 bridgehead atoms. The van der Waals surface area contributed by atoms with Gasteiger partial charge in [-0.3, -0.25) is 43.8 Å². The van der Waals surface area contributed by atoms with Crippen LogP contribution in [0.2, 0.25) is 0 Å². The zero-order chi connectivity index (χ0) is 44.0. The minimum absolute atomic E-state index is 0.0131. The number of imide groups is 2. The van der Waals surface area contributed by atoms with Gasteiger partial charge < -0.3 is 40.2 Å². The Labute approximate surface area is 361 Å². The van der Waals surface area contributed by atoms with E-state index in [0.29, 0.717) is 30.1 Å². The van der Waals surface area contributed by atoms with Gasteiger partial charge in [-0.2, -0.15) is 0 Å². The predicted molar refractivity (Wildman–Crippen MR) is 223 cm³/mol. The SMILES string of the molecule is Cc1cccc(C(=O)NC2CC(n3cnc4c(NC5CCN(C(=O)COCCOCCNC(=O)CNc6cccc7c6C(=O)N(C6CCC(=O)NC6=O)C7=O)CC5)ncnc43)C2)n1. The summed E-state index contributed by atoms with van der Waals surface area (Å²) in [7, 11) is 0. The van der Waals surface area contributed by atoms with E-state index in [1.165, 1.54) is 12.4 Å². The van der Waals surface area contributed by atoms with Crippen LogP contribution in [0.25, 0.3) is 11.2 Å². The van der Waals surface area contributed by atoms with Gasteiger partial charge in [0, 0.05) is 55.6 Å². The molecule has 1 saturated carbocycles. The average Bonchev–Trinajstić information content (AvgIpc) is 3.80. The van der Waals surface area contributed by atoms with Crippen molar-refractivity contribution in [3.05, 3.63) is 71.6 Å². The summed E-state index contributed by atoms with van der Waals surface area (Å²) in [6.45, 7) is 3.52. The second kappa shape index (κ2) is 19.0. The quantitative estimate of drug-likeness (QED) is 0.0724. The molecule has 6 heterocycles. The van der Waals surface area contributed by atoms with E-state index >= 15 is 0 Å². The summed E-state index contributed by atoms with van der Waals surface area (Å²) in [5.74, 6) is -2.49. The van der Waals surface area contributed by atoms with Crippen LogP contribution in [-0.4, -0.2) is 146 Å². The van der Waals surface area contributed by atoms with Crippen LogP contribution in [0, 0.1) is 6.92 Å². The predicted octanol–water partition coefficient (Wildman–Crippen LogP) is 0.729. The van der Waals surface area contributed by atoms with Crippen LogP contribution in [0.15, 0.2) is 49.1 Å². The molecule has 0 spiro atoms. The molecule has 4 aliphatic rings. The summed E-state index contributed by atoms with van der Waals surface area (Å²) in [6, 6.07) is 9.19. The lowest BCUT2D eigenvalue weighted by atomic mass is 9.86. The second-order valence-electron chi connectivity index (χ2n) is 15.8. The van der Waals surface area contributed by atoms with E-state index in [1.807, 2.05) is 23.6 Å². The summed E-state index contributed by atoms with van der Waals surface area (Å²) in [5, 5.41) is 14.3. The fourth-order valence-corrected chi connectivity index (χ4v) is 8.19. The number of fused-ring (bicyclic) bond motifs is 2. The van der Waals surface area contributed by atoms with Gasteiger partial charge in [-0.1, -0.05) is 12.1 Å². The van der Waals surface area contributed by atoms with E-state index in [1.54, 1.807) is 29.4 Å². The lowest BCUT2D eigenvalue weighted by Gasteiger charge is -2.36. The molecule has 21 heteroatoms. The van der Waals surface area contributed by atoms with E-state index in [0.717, 1.165) is 41.9 Å². The smallest absolute Gasteiger partial charge is 0.270 e. The van der Waals surface area contributed by atoms with Crippen LogP contribution in [0.3, 0.4) is 0 Å². The Bertz CT molecular complexity index is 2430. The topological polar surface area (TPSA) is 261 Å². The van der Waals surface area contributed by atoms with Crippen LogP contribution >= 0.6 is 0 Å². The van der Waals surface area contributed by atoms with E-state index in [9.17, 15) is 33.6 Å². The van der Waals surface area contributed by atoms with Crippen LogP contribution < -0.4 is 26.6 Å². The number of ether oxygens (including phenoxy) is 2. The Morgan fingerprint density at radius 3 is 2.48 bits per heavy atom. The number of rotatable bonds is 17. The fraction of sp³-hybridized carbons (Fsp3) is 0.452. The molecule has 4 aromatic rings. The average molecular weight is 865 g/mol. The molecule has 3 aromatic heterocycles. The first-order valence-electron chi connectivity index (χ1n) is 21.0. The van der Waals surface area contributed by atoms with Gasteiger partial charge in [0.05, 0.1) is 43.8 Å². The minimum atomic E-state index is -1.09. The lowest BCUT2D eigenvalue weighted by Crippen LogP contribution is -2.54. The first-order chi connectivity index (χ1) is 30.5. The third-order valence-corrected chi connectivity index (χ3v) is 11.6. The Morgan fingerprint density at radius 1 is 0.889 bits per heavy atom. The van der Waals surface area contributed by atoms with Crippen molar-refractivity contribution in [3.63, 3.8) is 0 Å². The van der Waals surface area contributed by atoms with Crippen molar-refractivity contribution in [2.24, 2.45) is 0 Å². The van der Waals surface area contributed by atoms with Gasteiger partial charge >= 0.3 is 0 Å². The van der Waals surface area contributed by atoms with Gasteiger partial charge in [-0.25, -0.2) is 19.9 Å². The highest BCUT2D eigenvalue weighted by molar-refractivity contribution is 6.25. The zero-order valence-electron chi connectivity index (χ0n) is 34.6. The van der Waals surface area contributed by atoms with Crippen molar-refractivity contribution in [1.29, 1.82) is 0 Å². The maximum Gasteiger partial charge on any atom is 0.270 e. The molecule has 1 aliphatic carbocycles. The van der Waals surface area contributed by atoms with Crippen molar-refractivity contribution in [3.8, 4) is 0 Å². The monoisotopic (exact) mass is 864 g/mol. The van der Waals surface area contributed by atoms with Gasteiger partial charge in [0.15, 0.2) is 11.5 Å². The first kappa shape index (κ1) is 42.8. The number of carbonyl (C=O) groups is 7. The Hall–Kier alpha value is -6.87. The minimum Gasteiger partial charge on any atom is -0.377 e. The molecule has 0 radical (unpaired) electrons. The number of likely N-dealkylation sites (tertiary alicyclic amines) is 1. The molecule has 1 aromatic carbocycles. The third kappa shape index (κ3) is 9.63. The maximum atomic E-state index is 13.2. The summed E-state index contributed by atoms with van der Waals surface area (Å²) in [4.78, 5) is 109. The molecule has 2 saturated heterocycles. The van der Waals surface area contributed by atoms with Crippen LogP contribution in [0.4, 0.5) is 11.5 Å². The number of carbonyl (C=O) groups excluding carboxylic acids is 7. The third-order valence-electron chi connectivity index (χ3n) is 11.6. The molecule has 8 rings (SSSR count). The van der Waals surface area contributed by atoms with Gasteiger partial charge in [-0.05, 0) is 63.3 Å². The molecule has 1 unspecified atom stereocenters. The molecular formula is C42H48N12O9. The highest BCUT2D eigenvalue weighted by Gasteiger charge is 2.45. The van der Waals surface area contributed by atoms with E-state index in [2.05, 4.69) is 46.5 Å². The van der Waals surface area contributed by atoms with Crippen molar-refractivity contribution in [2.75, 3.05) is 63.2 Å². The van der Waals surface area contributed by atoms with Crippen molar-refractivity contribution in [1.82, 2.24) is 50.3 Å². The fourth-order valence-electron chi connectivity index (χ4n) is 8.19. The van der Waals surface area contributed by atoms with Crippen LogP contribution in [0.5, 0.6) is 0 Å². The lowest BCUT2D eigenvalue weighted by molar-refractivity contribution is -0.138. The van der Waals surface area contributed by atoms with Crippen LogP contribution in [-0.2, 0) is 28.7 Å². The highest BCUT2D eigenvalue weighted by Crippen LogP contribution is 2.36. The molecule has 3 fully saturated rings. The van der Waals surface area contributed by atoms with Crippen LogP contribution in [0.1, 0.15) is 81.5 Å². The molecular weight excluding hydrogens is 817 g/mol. The number of amides is 7. The van der Waals surface area contributed by atoms with Crippen molar-refractivity contribution >= 4 is 64.0 Å². The number of anilines is 2. The van der Waals surface area contributed by atoms with E-state index < -0.39 is 29.7 Å². The number of pyridine rings is 1. The molecule has 63 heavy (non-hydrogen) atoms. The Kier molecular flexibility index (Phi) is 12.9. The van der Waals surface area contributed by atoms with Gasteiger partial charge in [0.25, 0.3) is 17.7 Å². The first-order valence-corrected chi connectivity index (χ1v) is 21.0. The van der Waals surface area contributed by atoms with E-state index in [4.69, 9.17) is 9.47 Å². The largest absolute Gasteiger partial charge is 0.377 e. The number of aryl methyl sites for hydroxylation is 1. The summed E-state index contributed by atoms with van der Waals surface area (Å²) >= 11 is 0. The molecule has 7 amide bonds. The van der Waals surface area contributed by atoms with Crippen molar-refractivity contribution in [2.45, 2.75) is 69.6 Å². The number of hydrogen-bond acceptors (Lipinski definition) is 15. The summed E-state index contributed by atoms with van der Waals surface area (Å²) < 4.78 is 13.1. The summed E-state index contributed by atoms with van der Waals surface area (Å²) in [6.07, 6.45) is 6.30. The number of aromatic nitrogens is 5. The Balaban J connectivity index is 0.684. The van der Waals surface area contributed by atoms with Gasteiger partial charge in [0.2, 0.25) is 23.6 Å². The van der Waals surface area contributed by atoms with Crippen molar-refractivity contribution < 1.29 is 43.0 Å². The number of nitrogens with one attached hydrogen (secondary N) is 5. The molecule has 3 aliphatic heterocycles. The number of nitrogens with zero attached hydrogens (tertiary/aromatic N) is 7. The second-order valence-corrected chi connectivity index (χ2v) is 15.8. The molecule has 21 nitrogen and oxygen atoms in total. The van der Waals surface area contributed by atoms with Gasteiger partial charge in [-0.15, -0.1) is 0 Å². The Morgan fingerprint density at radius 2 is 1.68 bits per heavy atom. The van der Waals surface area contributed by atoms with Gasteiger partial charge in [0.1, 0.15) is 30.2 Å².